The highest BCUT2D eigenvalue weighted by Crippen LogP contribution is 2.52. The lowest BCUT2D eigenvalue weighted by Gasteiger charge is -2.27. The molecule has 6 aromatic rings. The first-order chi connectivity index (χ1) is 40.3. The highest BCUT2D eigenvalue weighted by atomic mass is 32.3. The van der Waals surface area contributed by atoms with Crippen molar-refractivity contribution in [1.82, 2.24) is 19.8 Å². The molecule has 8 rings (SSSR count). The number of carbonyl (C=O) groups is 2. The normalized spacial score (nSPS) is 16.0. The van der Waals surface area contributed by atoms with Gasteiger partial charge in [0.2, 0.25) is 31.1 Å². The fourth-order valence-electron chi connectivity index (χ4n) is 10.8. The summed E-state index contributed by atoms with van der Waals surface area (Å²) < 4.78 is 193. The first-order valence-electron chi connectivity index (χ1n) is 26.3. The van der Waals surface area contributed by atoms with Crippen molar-refractivity contribution in [2.24, 2.45) is 5.14 Å². The van der Waals surface area contributed by atoms with Crippen LogP contribution >= 0.6 is 11.3 Å². The van der Waals surface area contributed by atoms with E-state index in [0.29, 0.717) is 67.6 Å². The van der Waals surface area contributed by atoms with Gasteiger partial charge in [-0.15, -0.1) is 10.2 Å². The topological polar surface area (TPSA) is 408 Å². The molecule has 2 aliphatic heterocycles. The summed E-state index contributed by atoms with van der Waals surface area (Å²) in [6.45, 7) is 7.41. The predicted molar refractivity (Wildman–Crippen MR) is 324 cm³/mol. The average molecular weight is 1330 g/mol. The third-order valence-electron chi connectivity index (χ3n) is 14.7. The van der Waals surface area contributed by atoms with Gasteiger partial charge in [-0.3, -0.25) is 28.6 Å². The molecule has 0 radical (unpaired) electrons. The lowest BCUT2D eigenvalue weighted by Crippen LogP contribution is -2.30. The lowest BCUT2D eigenvalue weighted by atomic mass is 9.79. The zero-order valence-electron chi connectivity index (χ0n) is 47.1. The summed E-state index contributed by atoms with van der Waals surface area (Å²) in [6, 6.07) is 19.0. The van der Waals surface area contributed by atoms with Crippen molar-refractivity contribution in [3.63, 3.8) is 0 Å². The van der Waals surface area contributed by atoms with E-state index in [1.54, 1.807) is 85.5 Å². The molecule has 0 spiro atoms. The maximum Gasteiger partial charge on any atom is 0.295 e. The number of anilines is 2. The Morgan fingerprint density at radius 3 is 2.06 bits per heavy atom. The Hall–Kier alpha value is -6.73. The van der Waals surface area contributed by atoms with Crippen molar-refractivity contribution in [1.29, 1.82) is 0 Å². The van der Waals surface area contributed by atoms with Gasteiger partial charge in [0.1, 0.15) is 11.4 Å². The molecule has 5 aromatic carbocycles. The number of fused-ring (bicyclic) bond motifs is 6. The van der Waals surface area contributed by atoms with Crippen LogP contribution in [0.1, 0.15) is 80.4 Å². The van der Waals surface area contributed by atoms with Crippen molar-refractivity contribution >= 4 is 127 Å². The van der Waals surface area contributed by atoms with E-state index in [1.807, 2.05) is 18.4 Å². The van der Waals surface area contributed by atoms with Gasteiger partial charge in [0.05, 0.1) is 31.1 Å². The number of nitrogens with two attached hydrogens (primary N) is 1. The number of hydrogen-bond acceptors (Lipinski definition) is 19. The first-order valence-corrected chi connectivity index (χ1v) is 36.2. The van der Waals surface area contributed by atoms with Crippen molar-refractivity contribution < 1.29 is 82.9 Å². The van der Waals surface area contributed by atoms with Crippen LogP contribution in [0.2, 0.25) is 0 Å². The molecule has 2 amide bonds. The van der Waals surface area contributed by atoms with Crippen LogP contribution in [0.3, 0.4) is 0 Å². The summed E-state index contributed by atoms with van der Waals surface area (Å²) in [5.41, 5.74) is 2.09. The van der Waals surface area contributed by atoms with Gasteiger partial charge in [0.15, 0.2) is 5.71 Å². The van der Waals surface area contributed by atoms with Gasteiger partial charge in [-0.2, -0.15) is 29.8 Å². The molecule has 0 atom stereocenters. The van der Waals surface area contributed by atoms with Crippen LogP contribution in [0, 0.1) is 0 Å². The number of benzene rings is 5. The van der Waals surface area contributed by atoms with E-state index < -0.39 is 103 Å². The Balaban J connectivity index is 1.01. The second kappa shape index (κ2) is 24.7. The minimum atomic E-state index is -5.05. The highest BCUT2D eigenvalue weighted by molar-refractivity contribution is 7.91. The van der Waals surface area contributed by atoms with Gasteiger partial charge < -0.3 is 14.8 Å². The largest absolute Gasteiger partial charge is 0.748 e. The van der Waals surface area contributed by atoms with Crippen LogP contribution in [-0.2, 0) is 82.7 Å². The standard InChI is InChI=1S/C54H60N8O18S7/c1-53(2)45(15-7-6-8-16-46-54(3,4)49-40-31-36(86(75,76)77)32-44(87(78,79)80)38(40)23-25-42(49)62(46)28-12-30-83(68,69)70)61(27-11-29-82(65,66)67)41-24-22-37-39(48(41)53)13-9-14-43(37)85(73,74)60(5)26-10-17-47(63)56-33-34-18-20-35(21-19-34)50(64)57-51-58-59-52(81-51)84(55,71)72/h6-9,13-16,18-25,31-32H,10-12,17,26-30,33H2,1-5H3,(H7-,55,56,57,58,63,64,65,66,67,68,69,70,71,72,75,76,77,78,79,80). The number of aromatic nitrogens is 2. The number of rotatable bonds is 24. The lowest BCUT2D eigenvalue weighted by molar-refractivity contribution is -0.437. The third kappa shape index (κ3) is 14.7. The number of sulfonamides is 2. The molecular formula is C54H60N8O18S7. The van der Waals surface area contributed by atoms with Gasteiger partial charge in [-0.05, 0) is 97.1 Å². The summed E-state index contributed by atoms with van der Waals surface area (Å²) in [5.74, 6) is -2.25. The Morgan fingerprint density at radius 2 is 1.43 bits per heavy atom. The Labute approximate surface area is 507 Å². The molecule has 2 aliphatic rings. The van der Waals surface area contributed by atoms with Crippen molar-refractivity contribution in [3.05, 3.63) is 137 Å². The van der Waals surface area contributed by atoms with Crippen LogP contribution < -0.4 is 20.7 Å². The van der Waals surface area contributed by atoms with E-state index >= 15 is 0 Å². The minimum Gasteiger partial charge on any atom is -0.748 e. The molecular weight excluding hydrogens is 1270 g/mol. The van der Waals surface area contributed by atoms with E-state index in [1.165, 1.54) is 37.4 Å². The maximum atomic E-state index is 14.4. The Kier molecular flexibility index (Phi) is 18.8. The maximum absolute atomic E-state index is 14.4. The summed E-state index contributed by atoms with van der Waals surface area (Å²) in [6.07, 6.45) is 8.43. The Morgan fingerprint density at radius 1 is 0.747 bits per heavy atom. The van der Waals surface area contributed by atoms with Gasteiger partial charge in [-0.25, -0.2) is 34.7 Å². The molecule has 0 fully saturated rings. The SMILES string of the molecule is CN(CCCC(=O)NCc1ccc(C(=O)Nc2nnc(S(N)(=O)=O)s2)cc1)S(=O)(=O)c1cccc2c3c(ccc12)[N+](CCCS(=O)(=O)[O-])=C(/C=C/C=C/C=C1/N(CCCS(=O)(=O)O)c2ccc4c(S(=O)(=O)O)cc(S(=O)(=O)O)cc4c2C1(C)C)C3(C)C. The van der Waals surface area contributed by atoms with Gasteiger partial charge in [0, 0.05) is 96.1 Å². The second-order valence-corrected chi connectivity index (χ2v) is 32.1. The van der Waals surface area contributed by atoms with Crippen LogP contribution in [0.25, 0.3) is 21.5 Å². The molecule has 0 unspecified atom stereocenters. The predicted octanol–water partition coefficient (Wildman–Crippen LogP) is 5.34. The summed E-state index contributed by atoms with van der Waals surface area (Å²) in [5, 5.41) is 18.2. The summed E-state index contributed by atoms with van der Waals surface area (Å²) >= 11 is 0.585. The molecule has 26 nitrogen and oxygen atoms in total. The number of hydrogen-bond donors (Lipinski definition) is 6. The van der Waals surface area contributed by atoms with E-state index in [9.17, 15) is 78.3 Å². The molecule has 33 heteroatoms. The molecule has 87 heavy (non-hydrogen) atoms. The van der Waals surface area contributed by atoms with Crippen LogP contribution in [-0.4, -0.2) is 144 Å². The number of nitrogens with one attached hydrogen (secondary N) is 2. The van der Waals surface area contributed by atoms with Crippen molar-refractivity contribution in [3.8, 4) is 0 Å². The molecule has 0 saturated heterocycles. The monoisotopic (exact) mass is 1330 g/mol. The summed E-state index contributed by atoms with van der Waals surface area (Å²) in [4.78, 5) is 25.7. The minimum absolute atomic E-state index is 0.00958. The van der Waals surface area contributed by atoms with Crippen LogP contribution in [0.4, 0.5) is 16.5 Å². The fraction of sp³-hybridized carbons (Fsp3) is 0.315. The zero-order valence-corrected chi connectivity index (χ0v) is 52.8. The summed E-state index contributed by atoms with van der Waals surface area (Å²) in [7, 11) is -26.0. The smallest absolute Gasteiger partial charge is 0.295 e. The molecule has 7 N–H and O–H groups in total. The fourth-order valence-corrected chi connectivity index (χ4v) is 15.9. The van der Waals surface area contributed by atoms with E-state index in [-0.39, 0.29) is 84.1 Å². The second-order valence-electron chi connectivity index (χ2n) is 21.5. The third-order valence-corrected chi connectivity index (χ3v) is 22.1. The molecule has 466 valence electrons. The number of carbonyl (C=O) groups excluding carboxylic acids is 2. The molecule has 0 aliphatic carbocycles. The quantitative estimate of drug-likeness (QED) is 0.0193. The van der Waals surface area contributed by atoms with E-state index in [0.717, 1.165) is 10.4 Å². The van der Waals surface area contributed by atoms with Gasteiger partial charge >= 0.3 is 0 Å². The molecule has 0 saturated carbocycles. The van der Waals surface area contributed by atoms with Crippen LogP contribution in [0.15, 0.2) is 134 Å². The molecule has 1 aromatic heterocycles. The number of nitrogens with zero attached hydrogens (tertiary/aromatic N) is 5. The number of amides is 2. The van der Waals surface area contributed by atoms with Crippen molar-refractivity contribution in [2.45, 2.75) is 89.8 Å². The van der Waals surface area contributed by atoms with Crippen LogP contribution in [0.5, 0.6) is 0 Å². The van der Waals surface area contributed by atoms with Gasteiger partial charge in [0.25, 0.3) is 46.3 Å². The first kappa shape index (κ1) is 66.2. The average Bonchev–Trinajstić information content (AvgIpc) is 1.62. The highest BCUT2D eigenvalue weighted by Gasteiger charge is 2.46. The van der Waals surface area contributed by atoms with Crippen molar-refractivity contribution in [2.75, 3.05) is 48.4 Å². The zero-order chi connectivity index (χ0) is 64.0. The number of primary sulfonamides is 1. The van der Waals surface area contributed by atoms with E-state index in [4.69, 9.17) is 5.14 Å². The Bertz CT molecular complexity index is 4640. The van der Waals surface area contributed by atoms with Gasteiger partial charge in [-0.1, -0.05) is 73.7 Å². The van der Waals surface area contributed by atoms with E-state index in [2.05, 4.69) is 20.8 Å². The molecule has 3 heterocycles. The molecule has 0 bridgehead atoms. The number of allylic oxidation sites excluding steroid dienone is 6.